The van der Waals surface area contributed by atoms with Crippen LogP contribution in [-0.4, -0.2) is 13.0 Å². The Kier molecular flexibility index (Phi) is 4.65. The molecule has 21 heavy (non-hydrogen) atoms. The molecule has 0 aliphatic carbocycles. The smallest absolute Gasteiger partial charge is 0.248 e. The lowest BCUT2D eigenvalue weighted by Gasteiger charge is -2.12. The topological polar surface area (TPSA) is 64.3 Å². The largest absolute Gasteiger partial charge is 0.495 e. The number of nitrogens with two attached hydrogens (primary N) is 1. The molecule has 0 spiro atoms. The van der Waals surface area contributed by atoms with Crippen molar-refractivity contribution in [1.29, 1.82) is 0 Å². The molecule has 0 bridgehead atoms. The Hall–Kier alpha value is -2.27. The number of primary amides is 1. The summed E-state index contributed by atoms with van der Waals surface area (Å²) in [5.41, 5.74) is 6.87. The Morgan fingerprint density at radius 2 is 2.10 bits per heavy atom. The van der Waals surface area contributed by atoms with Crippen molar-refractivity contribution in [2.24, 2.45) is 5.73 Å². The zero-order valence-corrected chi connectivity index (χ0v) is 12.1. The fourth-order valence-corrected chi connectivity index (χ4v) is 2.15. The third-order valence-corrected chi connectivity index (χ3v) is 3.11. The minimum Gasteiger partial charge on any atom is -0.495 e. The average molecular weight is 309 g/mol. The molecule has 3 N–H and O–H groups in total. The molecule has 2 aromatic carbocycles. The van der Waals surface area contributed by atoms with Gasteiger partial charge in [-0.1, -0.05) is 11.6 Å². The van der Waals surface area contributed by atoms with Crippen LogP contribution in [0.1, 0.15) is 15.9 Å². The van der Waals surface area contributed by atoms with Gasteiger partial charge in [-0.15, -0.1) is 0 Å². The van der Waals surface area contributed by atoms with Crippen molar-refractivity contribution < 1.29 is 13.9 Å². The molecule has 0 unspecified atom stereocenters. The van der Waals surface area contributed by atoms with E-state index in [1.54, 1.807) is 24.3 Å². The van der Waals surface area contributed by atoms with Crippen LogP contribution in [0.4, 0.5) is 10.1 Å². The Morgan fingerprint density at radius 1 is 1.33 bits per heavy atom. The summed E-state index contributed by atoms with van der Waals surface area (Å²) >= 11 is 5.80. The summed E-state index contributed by atoms with van der Waals surface area (Å²) in [4.78, 5) is 11.2. The van der Waals surface area contributed by atoms with Gasteiger partial charge in [0.1, 0.15) is 11.6 Å². The molecule has 0 saturated heterocycles. The maximum Gasteiger partial charge on any atom is 0.248 e. The third-order valence-electron chi connectivity index (χ3n) is 2.89. The van der Waals surface area contributed by atoms with E-state index in [4.69, 9.17) is 22.1 Å². The molecule has 110 valence electrons. The minimum atomic E-state index is -0.533. The lowest BCUT2D eigenvalue weighted by atomic mass is 10.1. The van der Waals surface area contributed by atoms with Crippen molar-refractivity contribution in [1.82, 2.24) is 0 Å². The number of hydrogen-bond acceptors (Lipinski definition) is 3. The monoisotopic (exact) mass is 308 g/mol. The first-order chi connectivity index (χ1) is 9.99. The molecule has 0 radical (unpaired) electrons. The van der Waals surface area contributed by atoms with E-state index >= 15 is 0 Å². The van der Waals surface area contributed by atoms with Crippen molar-refractivity contribution in [2.45, 2.75) is 6.54 Å². The van der Waals surface area contributed by atoms with Crippen LogP contribution in [0, 0.1) is 5.82 Å². The van der Waals surface area contributed by atoms with Gasteiger partial charge in [-0.2, -0.15) is 0 Å². The molecule has 4 nitrogen and oxygen atoms in total. The van der Waals surface area contributed by atoms with Gasteiger partial charge in [-0.3, -0.25) is 4.79 Å². The standard InChI is InChI=1S/C15H14ClFN2O2/c1-21-14-3-2-10(15(18)20)6-13(14)19-8-9-4-11(16)7-12(17)5-9/h2-7,19H,8H2,1H3,(H2,18,20). The van der Waals surface area contributed by atoms with Crippen LogP contribution < -0.4 is 15.8 Å². The van der Waals surface area contributed by atoms with Crippen LogP contribution in [0.3, 0.4) is 0 Å². The van der Waals surface area contributed by atoms with Crippen LogP contribution >= 0.6 is 11.6 Å². The molecule has 0 atom stereocenters. The van der Waals surface area contributed by atoms with Crippen LogP contribution in [-0.2, 0) is 6.54 Å². The first kappa shape index (κ1) is 15.1. The number of amides is 1. The van der Waals surface area contributed by atoms with E-state index in [-0.39, 0.29) is 0 Å². The first-order valence-corrected chi connectivity index (χ1v) is 6.54. The van der Waals surface area contributed by atoms with E-state index in [1.165, 1.54) is 19.2 Å². The number of nitrogens with one attached hydrogen (secondary N) is 1. The zero-order chi connectivity index (χ0) is 15.4. The zero-order valence-electron chi connectivity index (χ0n) is 11.3. The van der Waals surface area contributed by atoms with Gasteiger partial charge in [-0.25, -0.2) is 4.39 Å². The van der Waals surface area contributed by atoms with Gasteiger partial charge in [0.05, 0.1) is 12.8 Å². The summed E-state index contributed by atoms with van der Waals surface area (Å²) in [6, 6.07) is 9.07. The predicted octanol–water partition coefficient (Wildman–Crippen LogP) is 3.20. The molecule has 2 rings (SSSR count). The molecule has 0 aliphatic rings. The normalized spacial score (nSPS) is 10.2. The Labute approximate surface area is 126 Å². The van der Waals surface area contributed by atoms with E-state index in [0.717, 1.165) is 0 Å². The van der Waals surface area contributed by atoms with Crippen LogP contribution in [0.25, 0.3) is 0 Å². The Balaban J connectivity index is 2.21. The number of hydrogen-bond donors (Lipinski definition) is 2. The van der Waals surface area contributed by atoms with E-state index in [2.05, 4.69) is 5.32 Å². The molecular weight excluding hydrogens is 295 g/mol. The molecule has 6 heteroatoms. The average Bonchev–Trinajstić information content (AvgIpc) is 2.43. The molecule has 0 saturated carbocycles. The van der Waals surface area contributed by atoms with E-state index in [1.807, 2.05) is 0 Å². The number of benzene rings is 2. The Morgan fingerprint density at radius 3 is 2.71 bits per heavy atom. The molecular formula is C15H14ClFN2O2. The number of rotatable bonds is 5. The third kappa shape index (κ3) is 3.86. The molecule has 0 heterocycles. The highest BCUT2D eigenvalue weighted by Crippen LogP contribution is 2.26. The van der Waals surface area contributed by atoms with Crippen LogP contribution in [0.2, 0.25) is 5.02 Å². The quantitative estimate of drug-likeness (QED) is 0.891. The van der Waals surface area contributed by atoms with Gasteiger partial charge in [0.2, 0.25) is 5.91 Å². The number of methoxy groups -OCH3 is 1. The lowest BCUT2D eigenvalue weighted by molar-refractivity contribution is 0.100. The highest BCUT2D eigenvalue weighted by molar-refractivity contribution is 6.30. The maximum absolute atomic E-state index is 13.3. The SMILES string of the molecule is COc1ccc(C(N)=O)cc1NCc1cc(F)cc(Cl)c1. The van der Waals surface area contributed by atoms with Gasteiger partial charge in [0, 0.05) is 17.1 Å². The van der Waals surface area contributed by atoms with E-state index in [9.17, 15) is 9.18 Å². The predicted molar refractivity (Wildman–Crippen MR) is 80.2 cm³/mol. The number of anilines is 1. The summed E-state index contributed by atoms with van der Waals surface area (Å²) in [5, 5.41) is 3.40. The first-order valence-electron chi connectivity index (χ1n) is 6.16. The fraction of sp³-hybridized carbons (Fsp3) is 0.133. The van der Waals surface area contributed by atoms with Gasteiger partial charge in [0.25, 0.3) is 0 Å². The van der Waals surface area contributed by atoms with Gasteiger partial charge < -0.3 is 15.8 Å². The maximum atomic E-state index is 13.3. The van der Waals surface area contributed by atoms with Crippen LogP contribution in [0.15, 0.2) is 36.4 Å². The second-order valence-corrected chi connectivity index (χ2v) is 4.85. The van der Waals surface area contributed by atoms with Crippen molar-refractivity contribution in [2.75, 3.05) is 12.4 Å². The van der Waals surface area contributed by atoms with Gasteiger partial charge in [-0.05, 0) is 42.0 Å². The van der Waals surface area contributed by atoms with Crippen LogP contribution in [0.5, 0.6) is 5.75 Å². The second kappa shape index (κ2) is 6.45. The van der Waals surface area contributed by atoms with Gasteiger partial charge in [0.15, 0.2) is 0 Å². The summed E-state index contributed by atoms with van der Waals surface area (Å²) in [6.07, 6.45) is 0. The Bertz CT molecular complexity index is 656. The summed E-state index contributed by atoms with van der Waals surface area (Å²) in [6.45, 7) is 0.329. The number of halogens is 2. The van der Waals surface area contributed by atoms with Crippen molar-refractivity contribution in [3.05, 3.63) is 58.4 Å². The van der Waals surface area contributed by atoms with Crippen molar-refractivity contribution in [3.63, 3.8) is 0 Å². The lowest BCUT2D eigenvalue weighted by Crippen LogP contribution is -2.11. The number of carbonyl (C=O) groups is 1. The van der Waals surface area contributed by atoms with E-state index in [0.29, 0.717) is 34.1 Å². The summed E-state index contributed by atoms with van der Waals surface area (Å²) in [5.74, 6) is -0.380. The number of ether oxygens (including phenoxy) is 1. The van der Waals surface area contributed by atoms with Crippen molar-refractivity contribution in [3.8, 4) is 5.75 Å². The summed E-state index contributed by atoms with van der Waals surface area (Å²) < 4.78 is 18.5. The number of carbonyl (C=O) groups excluding carboxylic acids is 1. The fourth-order valence-electron chi connectivity index (χ4n) is 1.91. The van der Waals surface area contributed by atoms with Crippen molar-refractivity contribution >= 4 is 23.2 Å². The minimum absolute atomic E-state index is 0.324. The molecule has 1 amide bonds. The molecule has 0 fully saturated rings. The molecule has 2 aromatic rings. The highest BCUT2D eigenvalue weighted by Gasteiger charge is 2.08. The second-order valence-electron chi connectivity index (χ2n) is 4.41. The van der Waals surface area contributed by atoms with E-state index < -0.39 is 11.7 Å². The van der Waals surface area contributed by atoms with Gasteiger partial charge >= 0.3 is 0 Å². The molecule has 0 aliphatic heterocycles. The highest BCUT2D eigenvalue weighted by atomic mass is 35.5. The summed E-state index contributed by atoms with van der Waals surface area (Å²) in [7, 11) is 1.52. The molecule has 0 aromatic heterocycles.